The standard InChI is InChI=1S/C17H33N3O/c1-4-15(3)19-9-11-20(12-10-19)16(21)17(13-18)7-5-14(2)6-8-17/h14-15H,4-13,18H2,1-3H3. The molecule has 1 aliphatic heterocycles. The normalized spacial score (nSPS) is 33.0. The second-order valence-electron chi connectivity index (χ2n) is 7.25. The molecular formula is C17H33N3O. The van der Waals surface area contributed by atoms with Gasteiger partial charge < -0.3 is 10.6 Å². The van der Waals surface area contributed by atoms with E-state index in [0.717, 1.165) is 57.8 Å². The Morgan fingerprint density at radius 3 is 2.29 bits per heavy atom. The molecule has 1 unspecified atom stereocenters. The number of amides is 1. The van der Waals surface area contributed by atoms with E-state index in [1.54, 1.807) is 0 Å². The van der Waals surface area contributed by atoms with Gasteiger partial charge in [0.2, 0.25) is 5.91 Å². The van der Waals surface area contributed by atoms with Crippen molar-refractivity contribution in [3.63, 3.8) is 0 Å². The highest BCUT2D eigenvalue weighted by Gasteiger charge is 2.42. The van der Waals surface area contributed by atoms with Crippen LogP contribution >= 0.6 is 0 Å². The van der Waals surface area contributed by atoms with Crippen LogP contribution in [-0.2, 0) is 4.79 Å². The molecule has 4 nitrogen and oxygen atoms in total. The molecule has 1 heterocycles. The second kappa shape index (κ2) is 7.10. The van der Waals surface area contributed by atoms with Crippen LogP contribution < -0.4 is 5.73 Å². The lowest BCUT2D eigenvalue weighted by Gasteiger charge is -2.44. The van der Waals surface area contributed by atoms with Gasteiger partial charge in [0.05, 0.1) is 5.41 Å². The molecule has 1 saturated heterocycles. The molecule has 4 heteroatoms. The topological polar surface area (TPSA) is 49.6 Å². The third kappa shape index (κ3) is 3.59. The van der Waals surface area contributed by atoms with Crippen LogP contribution in [0.2, 0.25) is 0 Å². The number of nitrogens with zero attached hydrogens (tertiary/aromatic N) is 2. The third-order valence-corrected chi connectivity index (χ3v) is 5.89. The fraction of sp³-hybridized carbons (Fsp3) is 0.941. The van der Waals surface area contributed by atoms with Crippen molar-refractivity contribution in [2.75, 3.05) is 32.7 Å². The lowest BCUT2D eigenvalue weighted by atomic mass is 9.70. The molecule has 0 bridgehead atoms. The highest BCUT2D eigenvalue weighted by Crippen LogP contribution is 2.39. The van der Waals surface area contributed by atoms with E-state index >= 15 is 0 Å². The van der Waals surface area contributed by atoms with Gasteiger partial charge in [-0.2, -0.15) is 0 Å². The van der Waals surface area contributed by atoms with E-state index in [0.29, 0.717) is 18.5 Å². The molecule has 0 aromatic carbocycles. The predicted octanol–water partition coefficient (Wildman–Crippen LogP) is 2.08. The first-order valence-electron chi connectivity index (χ1n) is 8.76. The van der Waals surface area contributed by atoms with Gasteiger partial charge in [0.15, 0.2) is 0 Å². The molecule has 0 spiro atoms. The molecule has 0 aromatic heterocycles. The molecule has 2 rings (SSSR count). The van der Waals surface area contributed by atoms with E-state index in [9.17, 15) is 4.79 Å². The Hall–Kier alpha value is -0.610. The van der Waals surface area contributed by atoms with Gasteiger partial charge in [0.1, 0.15) is 0 Å². The number of carbonyl (C=O) groups is 1. The van der Waals surface area contributed by atoms with Crippen LogP contribution in [0.15, 0.2) is 0 Å². The average molecular weight is 295 g/mol. The van der Waals surface area contributed by atoms with Gasteiger partial charge in [-0.1, -0.05) is 13.8 Å². The summed E-state index contributed by atoms with van der Waals surface area (Å²) in [5.74, 6) is 1.08. The van der Waals surface area contributed by atoms with Crippen molar-refractivity contribution < 1.29 is 4.79 Å². The zero-order chi connectivity index (χ0) is 15.5. The van der Waals surface area contributed by atoms with Gasteiger partial charge in [0.25, 0.3) is 0 Å². The van der Waals surface area contributed by atoms with Crippen molar-refractivity contribution >= 4 is 5.91 Å². The summed E-state index contributed by atoms with van der Waals surface area (Å²) in [6.07, 6.45) is 5.44. The van der Waals surface area contributed by atoms with Crippen molar-refractivity contribution in [1.29, 1.82) is 0 Å². The van der Waals surface area contributed by atoms with E-state index in [4.69, 9.17) is 5.73 Å². The Morgan fingerprint density at radius 2 is 1.81 bits per heavy atom. The summed E-state index contributed by atoms with van der Waals surface area (Å²) in [4.78, 5) is 17.6. The minimum Gasteiger partial charge on any atom is -0.340 e. The summed E-state index contributed by atoms with van der Waals surface area (Å²) in [6.45, 7) is 11.1. The maximum absolute atomic E-state index is 13.0. The Kier molecular flexibility index (Phi) is 5.67. The van der Waals surface area contributed by atoms with E-state index in [1.165, 1.54) is 6.42 Å². The quantitative estimate of drug-likeness (QED) is 0.864. The molecule has 2 aliphatic rings. The van der Waals surface area contributed by atoms with E-state index in [-0.39, 0.29) is 5.41 Å². The smallest absolute Gasteiger partial charge is 0.230 e. The molecular weight excluding hydrogens is 262 g/mol. The Morgan fingerprint density at radius 1 is 1.24 bits per heavy atom. The fourth-order valence-electron chi connectivity index (χ4n) is 3.78. The largest absolute Gasteiger partial charge is 0.340 e. The minimum atomic E-state index is -0.259. The Bertz CT molecular complexity index is 342. The number of piperazine rings is 1. The summed E-state index contributed by atoms with van der Waals surface area (Å²) >= 11 is 0. The third-order valence-electron chi connectivity index (χ3n) is 5.89. The summed E-state index contributed by atoms with van der Waals surface area (Å²) in [5.41, 5.74) is 5.77. The van der Waals surface area contributed by atoms with Crippen molar-refractivity contribution in [2.24, 2.45) is 17.1 Å². The molecule has 1 amide bonds. The van der Waals surface area contributed by atoms with Crippen LogP contribution in [0.1, 0.15) is 52.9 Å². The average Bonchev–Trinajstić information content (AvgIpc) is 2.54. The van der Waals surface area contributed by atoms with Crippen LogP contribution in [0, 0.1) is 11.3 Å². The fourth-order valence-corrected chi connectivity index (χ4v) is 3.78. The number of hydrogen-bond acceptors (Lipinski definition) is 3. The van der Waals surface area contributed by atoms with Gasteiger partial charge >= 0.3 is 0 Å². The van der Waals surface area contributed by atoms with Crippen LogP contribution in [0.25, 0.3) is 0 Å². The van der Waals surface area contributed by atoms with E-state index < -0.39 is 0 Å². The van der Waals surface area contributed by atoms with Crippen LogP contribution in [0.3, 0.4) is 0 Å². The van der Waals surface area contributed by atoms with Gasteiger partial charge in [-0.3, -0.25) is 9.69 Å². The van der Waals surface area contributed by atoms with Crippen LogP contribution in [0.5, 0.6) is 0 Å². The Balaban J connectivity index is 1.94. The van der Waals surface area contributed by atoms with E-state index in [1.807, 2.05) is 0 Å². The van der Waals surface area contributed by atoms with Crippen LogP contribution in [-0.4, -0.2) is 54.5 Å². The maximum Gasteiger partial charge on any atom is 0.230 e. The molecule has 122 valence electrons. The second-order valence-corrected chi connectivity index (χ2v) is 7.25. The molecule has 0 aromatic rings. The number of nitrogens with two attached hydrogens (primary N) is 1. The molecule has 2 fully saturated rings. The zero-order valence-corrected chi connectivity index (χ0v) is 14.1. The lowest BCUT2D eigenvalue weighted by molar-refractivity contribution is -0.146. The molecule has 0 radical (unpaired) electrons. The highest BCUT2D eigenvalue weighted by molar-refractivity contribution is 5.83. The summed E-state index contributed by atoms with van der Waals surface area (Å²) < 4.78 is 0. The molecule has 1 atom stereocenters. The van der Waals surface area contributed by atoms with Crippen molar-refractivity contribution in [3.05, 3.63) is 0 Å². The number of hydrogen-bond donors (Lipinski definition) is 1. The maximum atomic E-state index is 13.0. The molecule has 1 aliphatic carbocycles. The van der Waals surface area contributed by atoms with Crippen molar-refractivity contribution in [1.82, 2.24) is 9.80 Å². The van der Waals surface area contributed by atoms with Gasteiger partial charge in [-0.25, -0.2) is 0 Å². The van der Waals surface area contributed by atoms with Crippen molar-refractivity contribution in [3.8, 4) is 0 Å². The van der Waals surface area contributed by atoms with Crippen LogP contribution in [0.4, 0.5) is 0 Å². The summed E-state index contributed by atoms with van der Waals surface area (Å²) in [5, 5.41) is 0. The molecule has 2 N–H and O–H groups in total. The summed E-state index contributed by atoms with van der Waals surface area (Å²) in [6, 6.07) is 0.626. The Labute approximate surface area is 130 Å². The number of rotatable bonds is 4. The molecule has 21 heavy (non-hydrogen) atoms. The molecule has 1 saturated carbocycles. The monoisotopic (exact) mass is 295 g/mol. The minimum absolute atomic E-state index is 0.259. The number of carbonyl (C=O) groups excluding carboxylic acids is 1. The first kappa shape index (κ1) is 16.8. The van der Waals surface area contributed by atoms with E-state index in [2.05, 4.69) is 30.6 Å². The van der Waals surface area contributed by atoms with Gasteiger partial charge in [-0.05, 0) is 44.9 Å². The van der Waals surface area contributed by atoms with Gasteiger partial charge in [0, 0.05) is 38.8 Å². The lowest BCUT2D eigenvalue weighted by Crippen LogP contribution is -2.56. The summed E-state index contributed by atoms with van der Waals surface area (Å²) in [7, 11) is 0. The highest BCUT2D eigenvalue weighted by atomic mass is 16.2. The van der Waals surface area contributed by atoms with Gasteiger partial charge in [-0.15, -0.1) is 0 Å². The predicted molar refractivity (Wildman–Crippen MR) is 87.0 cm³/mol. The first-order chi connectivity index (χ1) is 10.0. The first-order valence-corrected chi connectivity index (χ1v) is 8.76. The SMILES string of the molecule is CCC(C)N1CCN(C(=O)C2(CN)CCC(C)CC2)CC1. The zero-order valence-electron chi connectivity index (χ0n) is 14.1. The van der Waals surface area contributed by atoms with Crippen molar-refractivity contribution in [2.45, 2.75) is 58.9 Å².